The predicted molar refractivity (Wildman–Crippen MR) is 129 cm³/mol. The maximum Gasteiger partial charge on any atom is 0.290 e. The van der Waals surface area contributed by atoms with Crippen LogP contribution in [0.2, 0.25) is 0 Å². The minimum absolute atomic E-state index is 0.0744. The van der Waals surface area contributed by atoms with Crippen molar-refractivity contribution >= 4 is 50.8 Å². The number of anilines is 2. The quantitative estimate of drug-likeness (QED) is 0.520. The van der Waals surface area contributed by atoms with Crippen molar-refractivity contribution in [1.82, 2.24) is 19.6 Å². The summed E-state index contributed by atoms with van der Waals surface area (Å²) in [5, 5.41) is 11.1. The van der Waals surface area contributed by atoms with Gasteiger partial charge in [-0.15, -0.1) is 0 Å². The third-order valence-electron chi connectivity index (χ3n) is 5.37. The Morgan fingerprint density at radius 2 is 1.85 bits per heavy atom. The number of sulfonamides is 1. The van der Waals surface area contributed by atoms with E-state index in [-0.39, 0.29) is 29.5 Å². The molecule has 2 fully saturated rings. The van der Waals surface area contributed by atoms with E-state index in [9.17, 15) is 23.1 Å². The normalized spacial score (nSPS) is 18.4. The molecule has 2 saturated heterocycles. The first-order valence-corrected chi connectivity index (χ1v) is 12.8. The van der Waals surface area contributed by atoms with Gasteiger partial charge in [0.25, 0.3) is 11.1 Å². The molecule has 0 atom stereocenters. The van der Waals surface area contributed by atoms with Crippen molar-refractivity contribution in [3.8, 4) is 0 Å². The Balaban J connectivity index is 1.57. The van der Waals surface area contributed by atoms with Gasteiger partial charge < -0.3 is 14.9 Å². The zero-order valence-corrected chi connectivity index (χ0v) is 20.0. The smallest absolute Gasteiger partial charge is 0.290 e. The van der Waals surface area contributed by atoms with E-state index in [1.54, 1.807) is 48.3 Å². The van der Waals surface area contributed by atoms with Gasteiger partial charge in [-0.2, -0.15) is 9.29 Å². The van der Waals surface area contributed by atoms with E-state index >= 15 is 0 Å². The highest BCUT2D eigenvalue weighted by molar-refractivity contribution is 8.18. The number of nitrogens with one attached hydrogen (secondary N) is 1. The van der Waals surface area contributed by atoms with E-state index in [4.69, 9.17) is 0 Å². The number of rotatable bonds is 7. The number of carbonyl (C=O) groups is 2. The van der Waals surface area contributed by atoms with Crippen molar-refractivity contribution in [1.29, 1.82) is 0 Å². The van der Waals surface area contributed by atoms with Crippen LogP contribution in [0.5, 0.6) is 0 Å². The zero-order valence-electron chi connectivity index (χ0n) is 18.4. The number of likely N-dealkylation sites (N-methyl/N-ethyl adjacent to an activating group) is 1. The number of benzene rings is 1. The summed E-state index contributed by atoms with van der Waals surface area (Å²) in [4.78, 5) is 36.7. The van der Waals surface area contributed by atoms with Crippen molar-refractivity contribution in [2.45, 2.75) is 4.90 Å². The van der Waals surface area contributed by atoms with Crippen LogP contribution in [0.25, 0.3) is 6.08 Å². The Hall–Kier alpha value is -3.00. The molecule has 0 radical (unpaired) electrons. The number of imide groups is 1. The lowest BCUT2D eigenvalue weighted by Crippen LogP contribution is -2.49. The second kappa shape index (κ2) is 10.1. The fraction of sp³-hybridized carbons (Fsp3) is 0.333. The molecule has 0 spiro atoms. The number of carbonyl (C=O) groups excluding carboxylic acids is 2. The van der Waals surface area contributed by atoms with Crippen LogP contribution in [0, 0.1) is 0 Å². The van der Waals surface area contributed by atoms with Crippen molar-refractivity contribution < 1.29 is 23.1 Å². The van der Waals surface area contributed by atoms with Crippen LogP contribution < -0.4 is 15.1 Å². The SMILES string of the molecule is CN(CCO)c1cc(/C=C2/SC(=O)NC2=O)nc(N2CCN(S(=O)(=O)c3ccccc3)CC2)n1. The molecule has 0 saturated carbocycles. The van der Waals surface area contributed by atoms with Gasteiger partial charge in [-0.25, -0.2) is 13.4 Å². The summed E-state index contributed by atoms with van der Waals surface area (Å²) in [7, 11) is -1.82. The summed E-state index contributed by atoms with van der Waals surface area (Å²) in [6.07, 6.45) is 1.52. The molecule has 11 nitrogen and oxygen atoms in total. The summed E-state index contributed by atoms with van der Waals surface area (Å²) < 4.78 is 27.3. The lowest BCUT2D eigenvalue weighted by Gasteiger charge is -2.34. The van der Waals surface area contributed by atoms with Gasteiger partial charge >= 0.3 is 0 Å². The summed E-state index contributed by atoms with van der Waals surface area (Å²) in [6.45, 7) is 1.55. The average Bonchev–Trinajstić information content (AvgIpc) is 3.15. The Bertz CT molecular complexity index is 1210. The molecular formula is C21H24N6O5S2. The molecule has 180 valence electrons. The fourth-order valence-corrected chi connectivity index (χ4v) is 5.65. The highest BCUT2D eigenvalue weighted by Crippen LogP contribution is 2.27. The van der Waals surface area contributed by atoms with Gasteiger partial charge in [0.05, 0.1) is 22.1 Å². The zero-order chi connectivity index (χ0) is 24.3. The highest BCUT2D eigenvalue weighted by Gasteiger charge is 2.30. The summed E-state index contributed by atoms with van der Waals surface area (Å²) in [5.41, 5.74) is 0.427. The van der Waals surface area contributed by atoms with Crippen LogP contribution >= 0.6 is 11.8 Å². The first-order valence-electron chi connectivity index (χ1n) is 10.5. The third-order valence-corrected chi connectivity index (χ3v) is 8.09. The number of thioether (sulfide) groups is 1. The van der Waals surface area contributed by atoms with Crippen LogP contribution in [0.15, 0.2) is 46.2 Å². The molecule has 1 aromatic carbocycles. The first-order chi connectivity index (χ1) is 16.3. The molecule has 3 heterocycles. The topological polar surface area (TPSA) is 136 Å². The summed E-state index contributed by atoms with van der Waals surface area (Å²) >= 11 is 0.796. The van der Waals surface area contributed by atoms with Crippen LogP contribution in [-0.2, 0) is 14.8 Å². The minimum Gasteiger partial charge on any atom is -0.395 e. The van der Waals surface area contributed by atoms with Crippen LogP contribution in [0.4, 0.5) is 16.6 Å². The van der Waals surface area contributed by atoms with E-state index in [2.05, 4.69) is 15.3 Å². The molecule has 2 N–H and O–H groups in total. The monoisotopic (exact) mass is 504 g/mol. The van der Waals surface area contributed by atoms with Crippen molar-refractivity contribution in [3.05, 3.63) is 47.0 Å². The van der Waals surface area contributed by atoms with Crippen LogP contribution in [0.1, 0.15) is 5.69 Å². The number of amides is 2. The van der Waals surface area contributed by atoms with Gasteiger partial charge in [0, 0.05) is 45.8 Å². The molecule has 13 heteroatoms. The number of aliphatic hydroxyl groups is 1. The van der Waals surface area contributed by atoms with Gasteiger partial charge in [0.15, 0.2) is 0 Å². The van der Waals surface area contributed by atoms with Crippen molar-refractivity contribution in [2.75, 3.05) is 56.2 Å². The molecule has 2 aromatic rings. The second-order valence-corrected chi connectivity index (χ2v) is 10.6. The van der Waals surface area contributed by atoms with Crippen molar-refractivity contribution in [2.24, 2.45) is 0 Å². The van der Waals surface area contributed by atoms with Gasteiger partial charge in [-0.1, -0.05) is 18.2 Å². The highest BCUT2D eigenvalue weighted by atomic mass is 32.2. The van der Waals surface area contributed by atoms with Gasteiger partial charge in [-0.3, -0.25) is 14.9 Å². The van der Waals surface area contributed by atoms with Crippen molar-refractivity contribution in [3.63, 3.8) is 0 Å². The average molecular weight is 505 g/mol. The summed E-state index contributed by atoms with van der Waals surface area (Å²) in [6, 6.07) is 9.97. The van der Waals surface area contributed by atoms with E-state index in [1.165, 1.54) is 10.4 Å². The van der Waals surface area contributed by atoms with Crippen LogP contribution in [-0.4, -0.2) is 85.3 Å². The molecule has 0 unspecified atom stereocenters. The second-order valence-electron chi connectivity index (χ2n) is 7.65. The van der Waals surface area contributed by atoms with E-state index in [0.29, 0.717) is 37.1 Å². The summed E-state index contributed by atoms with van der Waals surface area (Å²) in [5.74, 6) is 0.417. The predicted octanol–water partition coefficient (Wildman–Crippen LogP) is 0.740. The largest absolute Gasteiger partial charge is 0.395 e. The molecule has 0 aliphatic carbocycles. The third kappa shape index (κ3) is 5.22. The molecular weight excluding hydrogens is 480 g/mol. The van der Waals surface area contributed by atoms with Crippen LogP contribution in [0.3, 0.4) is 0 Å². The molecule has 2 amide bonds. The van der Waals surface area contributed by atoms with E-state index in [0.717, 1.165) is 11.8 Å². The molecule has 1 aromatic heterocycles. The number of hydrogen-bond acceptors (Lipinski definition) is 10. The van der Waals surface area contributed by atoms with Gasteiger partial charge in [0.2, 0.25) is 16.0 Å². The Morgan fingerprint density at radius 1 is 1.15 bits per heavy atom. The molecule has 2 aliphatic rings. The number of nitrogens with zero attached hydrogens (tertiary/aromatic N) is 5. The van der Waals surface area contributed by atoms with E-state index in [1.807, 2.05) is 4.90 Å². The Kier molecular flexibility index (Phi) is 7.16. The number of aromatic nitrogens is 2. The maximum atomic E-state index is 12.9. The Labute approximate surface area is 201 Å². The molecule has 34 heavy (non-hydrogen) atoms. The standard InChI is InChI=1S/C21H24N6O5S2/c1-25(11-12-28)18-14-15(13-17-19(29)24-21(30)33-17)22-20(23-18)26-7-9-27(10-8-26)34(31,32)16-5-3-2-4-6-16/h2-6,13-14,28H,7-12H2,1H3,(H,24,29,30)/b17-13+. The number of hydrogen-bond donors (Lipinski definition) is 2. The molecule has 2 aliphatic heterocycles. The fourth-order valence-electron chi connectivity index (χ4n) is 3.54. The molecule has 4 rings (SSSR count). The minimum atomic E-state index is -3.59. The van der Waals surface area contributed by atoms with E-state index < -0.39 is 21.2 Å². The Morgan fingerprint density at radius 3 is 2.47 bits per heavy atom. The van der Waals surface area contributed by atoms with Gasteiger partial charge in [0.1, 0.15) is 5.82 Å². The number of piperazine rings is 1. The number of aliphatic hydroxyl groups excluding tert-OH is 1. The molecule has 0 bridgehead atoms. The maximum absolute atomic E-state index is 12.9. The lowest BCUT2D eigenvalue weighted by molar-refractivity contribution is -0.115. The first kappa shape index (κ1) is 24.1. The lowest BCUT2D eigenvalue weighted by atomic mass is 10.3. The van der Waals surface area contributed by atoms with Gasteiger partial charge in [-0.05, 0) is 30.0 Å².